The molecule has 148 valence electrons. The number of nitrogens with one attached hydrogen (secondary N) is 1. The van der Waals surface area contributed by atoms with Crippen molar-refractivity contribution in [1.29, 1.82) is 0 Å². The third kappa shape index (κ3) is 4.75. The van der Waals surface area contributed by atoms with E-state index in [-0.39, 0.29) is 12.5 Å². The van der Waals surface area contributed by atoms with Gasteiger partial charge in [-0.15, -0.1) is 0 Å². The normalized spacial score (nSPS) is 15.3. The van der Waals surface area contributed by atoms with Gasteiger partial charge in [0.2, 0.25) is 6.10 Å². The standard InChI is InChI=1S/C20H21BrN2O5/c1-3-8-26-19-14(21)9-13(10-17(19)25-2)11-22-23-20(24)18-12-27-15-6-4-5-7-16(15)28-18/h4-7,9-11,18H,3,8,12H2,1-2H3,(H,23,24)/b22-11+. The molecule has 0 bridgehead atoms. The van der Waals surface area contributed by atoms with E-state index in [1.807, 2.05) is 25.1 Å². The summed E-state index contributed by atoms with van der Waals surface area (Å²) in [5, 5.41) is 4.00. The van der Waals surface area contributed by atoms with Crippen LogP contribution in [0.3, 0.4) is 0 Å². The van der Waals surface area contributed by atoms with E-state index < -0.39 is 6.10 Å². The van der Waals surface area contributed by atoms with Gasteiger partial charge in [0.25, 0.3) is 5.91 Å². The quantitative estimate of drug-likeness (QED) is 0.517. The van der Waals surface area contributed by atoms with Crippen molar-refractivity contribution in [1.82, 2.24) is 5.43 Å². The summed E-state index contributed by atoms with van der Waals surface area (Å²) in [6, 6.07) is 10.8. The van der Waals surface area contributed by atoms with Crippen LogP contribution in [0.2, 0.25) is 0 Å². The van der Waals surface area contributed by atoms with Crippen LogP contribution in [0.4, 0.5) is 0 Å². The molecule has 2 aromatic rings. The smallest absolute Gasteiger partial charge is 0.284 e. The number of para-hydroxylation sites is 2. The van der Waals surface area contributed by atoms with Crippen molar-refractivity contribution >= 4 is 28.1 Å². The van der Waals surface area contributed by atoms with Gasteiger partial charge in [0, 0.05) is 0 Å². The van der Waals surface area contributed by atoms with Gasteiger partial charge in [0.05, 0.1) is 24.4 Å². The molecule has 28 heavy (non-hydrogen) atoms. The molecule has 1 amide bonds. The van der Waals surface area contributed by atoms with Crippen molar-refractivity contribution in [3.8, 4) is 23.0 Å². The van der Waals surface area contributed by atoms with E-state index in [1.54, 1.807) is 25.3 Å². The second-order valence-electron chi connectivity index (χ2n) is 5.98. The van der Waals surface area contributed by atoms with Gasteiger partial charge in [-0.25, -0.2) is 5.43 Å². The summed E-state index contributed by atoms with van der Waals surface area (Å²) >= 11 is 3.48. The lowest BCUT2D eigenvalue weighted by atomic mass is 10.2. The van der Waals surface area contributed by atoms with Gasteiger partial charge in [0.1, 0.15) is 6.61 Å². The van der Waals surface area contributed by atoms with E-state index >= 15 is 0 Å². The molecule has 1 aliphatic heterocycles. The van der Waals surface area contributed by atoms with E-state index in [2.05, 4.69) is 26.5 Å². The number of rotatable bonds is 7. The first-order valence-electron chi connectivity index (χ1n) is 8.84. The maximum atomic E-state index is 12.3. The van der Waals surface area contributed by atoms with Crippen LogP contribution in [0, 0.1) is 0 Å². The Morgan fingerprint density at radius 3 is 2.89 bits per heavy atom. The molecule has 1 unspecified atom stereocenters. The highest BCUT2D eigenvalue weighted by Gasteiger charge is 2.27. The number of ether oxygens (including phenoxy) is 4. The molecule has 0 spiro atoms. The zero-order chi connectivity index (χ0) is 19.9. The fourth-order valence-corrected chi connectivity index (χ4v) is 3.12. The number of hydrogen-bond acceptors (Lipinski definition) is 6. The van der Waals surface area contributed by atoms with Crippen LogP contribution in [0.5, 0.6) is 23.0 Å². The molecule has 0 saturated carbocycles. The van der Waals surface area contributed by atoms with Crippen molar-refractivity contribution in [3.05, 3.63) is 46.4 Å². The van der Waals surface area contributed by atoms with Crippen LogP contribution in [-0.2, 0) is 4.79 Å². The molecule has 7 nitrogen and oxygen atoms in total. The highest BCUT2D eigenvalue weighted by molar-refractivity contribution is 9.10. The highest BCUT2D eigenvalue weighted by atomic mass is 79.9. The molecule has 0 fully saturated rings. The Morgan fingerprint density at radius 2 is 2.14 bits per heavy atom. The number of methoxy groups -OCH3 is 1. The summed E-state index contributed by atoms with van der Waals surface area (Å²) < 4.78 is 23.0. The molecule has 1 heterocycles. The monoisotopic (exact) mass is 448 g/mol. The molecule has 2 aromatic carbocycles. The zero-order valence-electron chi connectivity index (χ0n) is 15.6. The van der Waals surface area contributed by atoms with Gasteiger partial charge in [-0.1, -0.05) is 19.1 Å². The number of hydrogen-bond donors (Lipinski definition) is 1. The van der Waals surface area contributed by atoms with Crippen LogP contribution < -0.4 is 24.4 Å². The van der Waals surface area contributed by atoms with E-state index in [0.717, 1.165) is 16.5 Å². The van der Waals surface area contributed by atoms with E-state index in [0.29, 0.717) is 29.6 Å². The number of amides is 1. The average Bonchev–Trinajstić information content (AvgIpc) is 2.72. The number of carbonyl (C=O) groups excluding carboxylic acids is 1. The van der Waals surface area contributed by atoms with Crippen LogP contribution in [-0.4, -0.2) is 38.5 Å². The summed E-state index contributed by atoms with van der Waals surface area (Å²) in [6.07, 6.45) is 1.65. The molecule has 0 aliphatic carbocycles. The molecule has 1 atom stereocenters. The van der Waals surface area contributed by atoms with Gasteiger partial charge in [-0.3, -0.25) is 4.79 Å². The second kappa shape index (κ2) is 9.45. The maximum absolute atomic E-state index is 12.3. The lowest BCUT2D eigenvalue weighted by Crippen LogP contribution is -2.42. The van der Waals surface area contributed by atoms with E-state index in [1.165, 1.54) is 6.21 Å². The Morgan fingerprint density at radius 1 is 1.36 bits per heavy atom. The van der Waals surface area contributed by atoms with Gasteiger partial charge in [-0.2, -0.15) is 5.10 Å². The Balaban J connectivity index is 1.63. The van der Waals surface area contributed by atoms with Gasteiger partial charge >= 0.3 is 0 Å². The Kier molecular flexibility index (Phi) is 6.76. The lowest BCUT2D eigenvalue weighted by Gasteiger charge is -2.24. The number of fused-ring (bicyclic) bond motifs is 1. The predicted octanol–water partition coefficient (Wildman–Crippen LogP) is 3.54. The van der Waals surface area contributed by atoms with Crippen LogP contribution in [0.1, 0.15) is 18.9 Å². The fourth-order valence-electron chi connectivity index (χ4n) is 2.55. The third-order valence-corrected chi connectivity index (χ3v) is 4.48. The van der Waals surface area contributed by atoms with Crippen molar-refractivity contribution < 1.29 is 23.7 Å². The van der Waals surface area contributed by atoms with Crippen LogP contribution in [0.15, 0.2) is 46.0 Å². The van der Waals surface area contributed by atoms with Crippen LogP contribution in [0.25, 0.3) is 0 Å². The van der Waals surface area contributed by atoms with Crippen molar-refractivity contribution in [2.75, 3.05) is 20.3 Å². The van der Waals surface area contributed by atoms with Crippen molar-refractivity contribution in [2.24, 2.45) is 5.10 Å². The molecule has 8 heteroatoms. The SMILES string of the molecule is CCCOc1c(Br)cc(/C=N/NC(=O)C2COc3ccccc3O2)cc1OC. The average molecular weight is 449 g/mol. The summed E-state index contributed by atoms with van der Waals surface area (Å²) in [7, 11) is 1.57. The second-order valence-corrected chi connectivity index (χ2v) is 6.84. The van der Waals surface area contributed by atoms with Gasteiger partial charge < -0.3 is 18.9 Å². The zero-order valence-corrected chi connectivity index (χ0v) is 17.2. The first kappa shape index (κ1) is 20.0. The lowest BCUT2D eigenvalue weighted by molar-refractivity contribution is -0.130. The van der Waals surface area contributed by atoms with Gasteiger partial charge in [-0.05, 0) is 52.2 Å². The number of hydrazone groups is 1. The topological polar surface area (TPSA) is 78.4 Å². The minimum Gasteiger partial charge on any atom is -0.493 e. The fraction of sp³-hybridized carbons (Fsp3) is 0.300. The summed E-state index contributed by atoms with van der Waals surface area (Å²) in [5.74, 6) is 1.99. The number of halogens is 1. The molecule has 1 aliphatic rings. The maximum Gasteiger partial charge on any atom is 0.284 e. The molecule has 3 rings (SSSR count). The highest BCUT2D eigenvalue weighted by Crippen LogP contribution is 2.36. The van der Waals surface area contributed by atoms with Crippen molar-refractivity contribution in [2.45, 2.75) is 19.4 Å². The number of benzene rings is 2. The molecule has 0 saturated heterocycles. The Bertz CT molecular complexity index is 872. The third-order valence-electron chi connectivity index (χ3n) is 3.89. The Hall–Kier alpha value is -2.74. The molecular weight excluding hydrogens is 428 g/mol. The van der Waals surface area contributed by atoms with Gasteiger partial charge in [0.15, 0.2) is 23.0 Å². The molecule has 0 radical (unpaired) electrons. The number of nitrogens with zero attached hydrogens (tertiary/aromatic N) is 1. The first-order chi connectivity index (χ1) is 13.6. The van der Waals surface area contributed by atoms with E-state index in [4.69, 9.17) is 18.9 Å². The predicted molar refractivity (Wildman–Crippen MR) is 109 cm³/mol. The summed E-state index contributed by atoms with van der Waals surface area (Å²) in [6.45, 7) is 2.75. The molecular formula is C20H21BrN2O5. The summed E-state index contributed by atoms with van der Waals surface area (Å²) in [5.41, 5.74) is 3.21. The molecule has 0 aromatic heterocycles. The van der Waals surface area contributed by atoms with E-state index in [9.17, 15) is 4.79 Å². The largest absolute Gasteiger partial charge is 0.493 e. The van der Waals surface area contributed by atoms with Crippen molar-refractivity contribution in [3.63, 3.8) is 0 Å². The Labute approximate surface area is 171 Å². The summed E-state index contributed by atoms with van der Waals surface area (Å²) in [4.78, 5) is 12.3. The van der Waals surface area contributed by atoms with Crippen LogP contribution >= 0.6 is 15.9 Å². The molecule has 1 N–H and O–H groups in total. The first-order valence-corrected chi connectivity index (χ1v) is 9.63. The minimum atomic E-state index is -0.766. The number of carbonyl (C=O) groups is 1. The minimum absolute atomic E-state index is 0.126.